The Morgan fingerprint density at radius 1 is 1.00 bits per heavy atom. The summed E-state index contributed by atoms with van der Waals surface area (Å²) in [6.07, 6.45) is 1.37. The molecule has 1 heterocycles. The van der Waals surface area contributed by atoms with Gasteiger partial charge in [0.2, 0.25) is 0 Å². The molecule has 0 atom stereocenters. The topological polar surface area (TPSA) is 49.8 Å². The van der Waals surface area contributed by atoms with E-state index in [4.69, 9.17) is 0 Å². The average molecular weight is 250 g/mol. The van der Waals surface area contributed by atoms with Gasteiger partial charge in [0, 0.05) is 24.4 Å². The number of anilines is 3. The van der Waals surface area contributed by atoms with Gasteiger partial charge in [-0.05, 0) is 19.1 Å². The average Bonchev–Trinajstić information content (AvgIpc) is 2.28. The van der Waals surface area contributed by atoms with Crippen LogP contribution in [-0.4, -0.2) is 16.5 Å². The van der Waals surface area contributed by atoms with Gasteiger partial charge in [0.15, 0.2) is 0 Å². The van der Waals surface area contributed by atoms with Crippen LogP contribution in [0, 0.1) is 11.6 Å². The molecule has 6 heteroatoms. The zero-order valence-corrected chi connectivity index (χ0v) is 9.74. The fourth-order valence-corrected chi connectivity index (χ4v) is 1.48. The van der Waals surface area contributed by atoms with Crippen LogP contribution >= 0.6 is 0 Å². The molecule has 0 aliphatic carbocycles. The fourth-order valence-electron chi connectivity index (χ4n) is 1.48. The molecule has 0 unspecified atom stereocenters. The minimum Gasteiger partial charge on any atom is -0.370 e. The molecule has 0 bridgehead atoms. The number of hydrogen-bond acceptors (Lipinski definition) is 4. The molecule has 2 rings (SSSR count). The standard InChI is InChI=1S/C12H12F2N4/c1-2-15-11-6-12(17-7-16-11)18-10-4-8(13)3-9(14)5-10/h3-7H,2H2,1H3,(H2,15,16,17,18). The van der Waals surface area contributed by atoms with Gasteiger partial charge in [-0.15, -0.1) is 0 Å². The van der Waals surface area contributed by atoms with Crippen molar-refractivity contribution in [3.8, 4) is 0 Å². The van der Waals surface area contributed by atoms with E-state index < -0.39 is 11.6 Å². The zero-order valence-electron chi connectivity index (χ0n) is 9.74. The lowest BCUT2D eigenvalue weighted by Crippen LogP contribution is -2.01. The van der Waals surface area contributed by atoms with Crippen LogP contribution in [0.4, 0.5) is 26.1 Å². The first-order valence-electron chi connectivity index (χ1n) is 5.46. The van der Waals surface area contributed by atoms with E-state index in [1.165, 1.54) is 18.5 Å². The molecule has 94 valence electrons. The minimum absolute atomic E-state index is 0.300. The molecule has 18 heavy (non-hydrogen) atoms. The van der Waals surface area contributed by atoms with E-state index >= 15 is 0 Å². The highest BCUT2D eigenvalue weighted by Gasteiger charge is 2.02. The van der Waals surface area contributed by atoms with E-state index in [0.29, 0.717) is 17.3 Å². The molecule has 0 saturated carbocycles. The van der Waals surface area contributed by atoms with Gasteiger partial charge in [-0.2, -0.15) is 0 Å². The molecule has 0 spiro atoms. The molecule has 0 aliphatic rings. The summed E-state index contributed by atoms with van der Waals surface area (Å²) in [7, 11) is 0. The third kappa shape index (κ3) is 3.13. The second kappa shape index (κ2) is 5.39. The van der Waals surface area contributed by atoms with Crippen molar-refractivity contribution in [2.75, 3.05) is 17.2 Å². The van der Waals surface area contributed by atoms with Crippen molar-refractivity contribution in [1.29, 1.82) is 0 Å². The Bertz CT molecular complexity index is 525. The molecule has 2 N–H and O–H groups in total. The van der Waals surface area contributed by atoms with Crippen molar-refractivity contribution in [3.05, 3.63) is 42.2 Å². The van der Waals surface area contributed by atoms with Crippen LogP contribution in [0.3, 0.4) is 0 Å². The number of rotatable bonds is 4. The quantitative estimate of drug-likeness (QED) is 0.876. The van der Waals surface area contributed by atoms with Crippen molar-refractivity contribution in [1.82, 2.24) is 9.97 Å². The number of benzene rings is 1. The number of halogens is 2. The highest BCUT2D eigenvalue weighted by molar-refractivity contribution is 5.58. The minimum atomic E-state index is -0.640. The SMILES string of the molecule is CCNc1cc(Nc2cc(F)cc(F)c2)ncn1. The van der Waals surface area contributed by atoms with Crippen LogP contribution in [0.15, 0.2) is 30.6 Å². The maximum Gasteiger partial charge on any atom is 0.135 e. The number of hydrogen-bond donors (Lipinski definition) is 2. The van der Waals surface area contributed by atoms with Crippen molar-refractivity contribution in [3.63, 3.8) is 0 Å². The fraction of sp³-hybridized carbons (Fsp3) is 0.167. The molecular formula is C12H12F2N4. The molecule has 0 aliphatic heterocycles. The number of aromatic nitrogens is 2. The monoisotopic (exact) mass is 250 g/mol. The third-order valence-electron chi connectivity index (χ3n) is 2.16. The maximum absolute atomic E-state index is 13.0. The van der Waals surface area contributed by atoms with Crippen LogP contribution in [0.5, 0.6) is 0 Å². The molecule has 1 aromatic heterocycles. The van der Waals surface area contributed by atoms with Crippen molar-refractivity contribution in [2.45, 2.75) is 6.92 Å². The van der Waals surface area contributed by atoms with Crippen molar-refractivity contribution in [2.24, 2.45) is 0 Å². The Morgan fingerprint density at radius 2 is 1.67 bits per heavy atom. The van der Waals surface area contributed by atoms with E-state index in [1.54, 1.807) is 6.07 Å². The largest absolute Gasteiger partial charge is 0.370 e. The Balaban J connectivity index is 2.20. The van der Waals surface area contributed by atoms with Gasteiger partial charge in [-0.3, -0.25) is 0 Å². The van der Waals surface area contributed by atoms with Gasteiger partial charge in [0.1, 0.15) is 29.6 Å². The molecule has 0 radical (unpaired) electrons. The van der Waals surface area contributed by atoms with E-state index in [0.717, 1.165) is 12.6 Å². The molecule has 0 fully saturated rings. The lowest BCUT2D eigenvalue weighted by atomic mass is 10.3. The predicted octanol–water partition coefficient (Wildman–Crippen LogP) is 2.93. The predicted molar refractivity (Wildman–Crippen MR) is 65.8 cm³/mol. The summed E-state index contributed by atoms with van der Waals surface area (Å²) < 4.78 is 26.0. The van der Waals surface area contributed by atoms with Crippen LogP contribution in [0.1, 0.15) is 6.92 Å². The van der Waals surface area contributed by atoms with Gasteiger partial charge in [-0.25, -0.2) is 18.7 Å². The van der Waals surface area contributed by atoms with E-state index in [-0.39, 0.29) is 0 Å². The van der Waals surface area contributed by atoms with Crippen LogP contribution < -0.4 is 10.6 Å². The first-order chi connectivity index (χ1) is 8.67. The summed E-state index contributed by atoms with van der Waals surface area (Å²) >= 11 is 0. The Labute approximate surface area is 103 Å². The molecular weight excluding hydrogens is 238 g/mol. The lowest BCUT2D eigenvalue weighted by Gasteiger charge is -2.07. The summed E-state index contributed by atoms with van der Waals surface area (Å²) in [5, 5.41) is 5.83. The molecule has 1 aromatic carbocycles. The van der Waals surface area contributed by atoms with Crippen LogP contribution in [0.2, 0.25) is 0 Å². The third-order valence-corrected chi connectivity index (χ3v) is 2.16. The molecule has 2 aromatic rings. The van der Waals surface area contributed by atoms with Crippen LogP contribution in [-0.2, 0) is 0 Å². The van der Waals surface area contributed by atoms with Gasteiger partial charge < -0.3 is 10.6 Å². The van der Waals surface area contributed by atoms with Crippen LogP contribution in [0.25, 0.3) is 0 Å². The lowest BCUT2D eigenvalue weighted by molar-refractivity contribution is 0.584. The summed E-state index contributed by atoms with van der Waals surface area (Å²) in [4.78, 5) is 7.96. The summed E-state index contributed by atoms with van der Waals surface area (Å²) in [6.45, 7) is 2.67. The molecule has 0 saturated heterocycles. The Morgan fingerprint density at radius 3 is 2.33 bits per heavy atom. The summed E-state index contributed by atoms with van der Waals surface area (Å²) in [5.41, 5.74) is 0.300. The molecule has 0 amide bonds. The normalized spacial score (nSPS) is 10.2. The molecule has 4 nitrogen and oxygen atoms in total. The first-order valence-corrected chi connectivity index (χ1v) is 5.46. The first kappa shape index (κ1) is 12.2. The van der Waals surface area contributed by atoms with Gasteiger partial charge >= 0.3 is 0 Å². The second-order valence-corrected chi connectivity index (χ2v) is 3.60. The second-order valence-electron chi connectivity index (χ2n) is 3.60. The van der Waals surface area contributed by atoms with Crippen molar-refractivity contribution < 1.29 is 8.78 Å². The highest BCUT2D eigenvalue weighted by atomic mass is 19.1. The Hall–Kier alpha value is -2.24. The van der Waals surface area contributed by atoms with Gasteiger partial charge in [0.05, 0.1) is 0 Å². The van der Waals surface area contributed by atoms with Crippen molar-refractivity contribution >= 4 is 17.3 Å². The summed E-state index contributed by atoms with van der Waals surface area (Å²) in [6, 6.07) is 4.86. The van der Waals surface area contributed by atoms with Gasteiger partial charge in [0.25, 0.3) is 0 Å². The highest BCUT2D eigenvalue weighted by Crippen LogP contribution is 2.18. The smallest absolute Gasteiger partial charge is 0.135 e. The Kier molecular flexibility index (Phi) is 3.66. The zero-order chi connectivity index (χ0) is 13.0. The van der Waals surface area contributed by atoms with Gasteiger partial charge in [-0.1, -0.05) is 0 Å². The van der Waals surface area contributed by atoms with E-state index in [2.05, 4.69) is 20.6 Å². The van der Waals surface area contributed by atoms with E-state index in [1.807, 2.05) is 6.92 Å². The maximum atomic E-state index is 13.0. The number of nitrogens with one attached hydrogen (secondary N) is 2. The van der Waals surface area contributed by atoms with E-state index in [9.17, 15) is 8.78 Å². The summed E-state index contributed by atoms with van der Waals surface area (Å²) in [5.74, 6) is -0.172. The number of nitrogens with zero attached hydrogens (tertiary/aromatic N) is 2.